The zero-order chi connectivity index (χ0) is 15.8. The van der Waals surface area contributed by atoms with Crippen molar-refractivity contribution in [3.63, 3.8) is 0 Å². The molecular weight excluding hydrogens is 316 g/mol. The largest absolute Gasteiger partial charge is 0.360 e. The molecule has 0 atom stereocenters. The standard InChI is InChI=1S/C15H20N4OS2/c1-3-10-16-14-17-18-15(22-14)21-11-13(20)19(4-2)12-8-6-5-7-9-12/h5-9H,3-4,10-11H2,1-2H3,(H,16,17). The molecule has 0 aliphatic heterocycles. The number of carbonyl (C=O) groups excluding carboxylic acids is 1. The molecule has 1 heterocycles. The molecule has 2 aromatic rings. The summed E-state index contributed by atoms with van der Waals surface area (Å²) in [5.74, 6) is 0.447. The first-order valence-electron chi connectivity index (χ1n) is 7.30. The fourth-order valence-electron chi connectivity index (χ4n) is 1.88. The number of anilines is 2. The Morgan fingerprint density at radius 3 is 2.73 bits per heavy atom. The van der Waals surface area contributed by atoms with E-state index in [1.807, 2.05) is 37.3 Å². The van der Waals surface area contributed by atoms with Crippen LogP contribution in [0.5, 0.6) is 0 Å². The van der Waals surface area contributed by atoms with Gasteiger partial charge in [0, 0.05) is 18.8 Å². The molecule has 0 fully saturated rings. The van der Waals surface area contributed by atoms with Gasteiger partial charge in [-0.25, -0.2) is 0 Å². The first kappa shape index (κ1) is 16.8. The van der Waals surface area contributed by atoms with Crippen LogP contribution in [0, 0.1) is 0 Å². The zero-order valence-electron chi connectivity index (χ0n) is 12.8. The van der Waals surface area contributed by atoms with Crippen LogP contribution in [0.15, 0.2) is 34.7 Å². The van der Waals surface area contributed by atoms with Gasteiger partial charge in [-0.05, 0) is 25.5 Å². The van der Waals surface area contributed by atoms with Gasteiger partial charge >= 0.3 is 0 Å². The highest BCUT2D eigenvalue weighted by Gasteiger charge is 2.15. The van der Waals surface area contributed by atoms with Crippen LogP contribution >= 0.6 is 23.1 Å². The van der Waals surface area contributed by atoms with Crippen molar-refractivity contribution in [1.29, 1.82) is 0 Å². The Morgan fingerprint density at radius 2 is 2.05 bits per heavy atom. The first-order chi connectivity index (χ1) is 10.7. The molecule has 1 aromatic carbocycles. The van der Waals surface area contributed by atoms with E-state index < -0.39 is 0 Å². The molecule has 2 rings (SSSR count). The number of nitrogens with zero attached hydrogens (tertiary/aromatic N) is 3. The Balaban J connectivity index is 1.90. The summed E-state index contributed by atoms with van der Waals surface area (Å²) in [7, 11) is 0. The summed E-state index contributed by atoms with van der Waals surface area (Å²) in [6.45, 7) is 5.62. The van der Waals surface area contributed by atoms with Gasteiger partial charge in [0.2, 0.25) is 11.0 Å². The van der Waals surface area contributed by atoms with Gasteiger partial charge in [-0.1, -0.05) is 48.2 Å². The second-order valence-corrected chi connectivity index (χ2v) is 6.76. The van der Waals surface area contributed by atoms with Crippen LogP contribution in [0.1, 0.15) is 20.3 Å². The van der Waals surface area contributed by atoms with Crippen LogP contribution in [0.2, 0.25) is 0 Å². The number of aromatic nitrogens is 2. The van der Waals surface area contributed by atoms with Crippen LogP contribution in [0.3, 0.4) is 0 Å². The van der Waals surface area contributed by atoms with Crippen molar-refractivity contribution in [3.8, 4) is 0 Å². The van der Waals surface area contributed by atoms with Gasteiger partial charge in [-0.2, -0.15) is 0 Å². The summed E-state index contributed by atoms with van der Waals surface area (Å²) in [4.78, 5) is 14.2. The quantitative estimate of drug-likeness (QED) is 0.748. The normalized spacial score (nSPS) is 10.5. The lowest BCUT2D eigenvalue weighted by molar-refractivity contribution is -0.116. The maximum Gasteiger partial charge on any atom is 0.237 e. The van der Waals surface area contributed by atoms with Crippen molar-refractivity contribution in [3.05, 3.63) is 30.3 Å². The fourth-order valence-corrected chi connectivity index (χ4v) is 3.54. The molecule has 1 N–H and O–H groups in total. The van der Waals surface area contributed by atoms with Crippen molar-refractivity contribution >= 4 is 39.8 Å². The SMILES string of the molecule is CCCNc1nnc(SCC(=O)N(CC)c2ccccc2)s1. The van der Waals surface area contributed by atoms with Crippen molar-refractivity contribution < 1.29 is 4.79 Å². The molecule has 0 aliphatic rings. The predicted molar refractivity (Wildman–Crippen MR) is 93.9 cm³/mol. The molecule has 0 unspecified atom stereocenters. The fraction of sp³-hybridized carbons (Fsp3) is 0.400. The average molecular weight is 336 g/mol. The summed E-state index contributed by atoms with van der Waals surface area (Å²) in [6, 6.07) is 9.72. The summed E-state index contributed by atoms with van der Waals surface area (Å²) >= 11 is 2.92. The van der Waals surface area contributed by atoms with Crippen molar-refractivity contribution in [2.24, 2.45) is 0 Å². The number of benzene rings is 1. The van der Waals surface area contributed by atoms with E-state index in [0.29, 0.717) is 12.3 Å². The van der Waals surface area contributed by atoms with Crippen LogP contribution in [-0.2, 0) is 4.79 Å². The van der Waals surface area contributed by atoms with Crippen LogP contribution < -0.4 is 10.2 Å². The second kappa shape index (κ2) is 8.75. The van der Waals surface area contributed by atoms with Gasteiger partial charge in [-0.3, -0.25) is 4.79 Å². The smallest absolute Gasteiger partial charge is 0.237 e. The number of amides is 1. The lowest BCUT2D eigenvalue weighted by atomic mass is 10.3. The lowest BCUT2D eigenvalue weighted by Gasteiger charge is -2.20. The van der Waals surface area contributed by atoms with E-state index in [9.17, 15) is 4.79 Å². The Labute approximate surface area is 139 Å². The van der Waals surface area contributed by atoms with E-state index in [0.717, 1.165) is 28.1 Å². The topological polar surface area (TPSA) is 58.1 Å². The maximum atomic E-state index is 12.4. The van der Waals surface area contributed by atoms with Gasteiger partial charge in [0.25, 0.3) is 0 Å². The number of thioether (sulfide) groups is 1. The Bertz CT molecular complexity index is 588. The maximum absolute atomic E-state index is 12.4. The third-order valence-corrected chi connectivity index (χ3v) is 4.94. The molecule has 1 amide bonds. The third-order valence-electron chi connectivity index (χ3n) is 2.94. The molecule has 7 heteroatoms. The van der Waals surface area contributed by atoms with Crippen molar-refractivity contribution in [2.75, 3.05) is 29.1 Å². The molecule has 0 bridgehead atoms. The number of carbonyl (C=O) groups is 1. The van der Waals surface area contributed by atoms with E-state index in [-0.39, 0.29) is 5.91 Å². The minimum Gasteiger partial charge on any atom is -0.360 e. The van der Waals surface area contributed by atoms with Crippen molar-refractivity contribution in [1.82, 2.24) is 10.2 Å². The van der Waals surface area contributed by atoms with Crippen LogP contribution in [-0.4, -0.2) is 34.9 Å². The van der Waals surface area contributed by atoms with Crippen molar-refractivity contribution in [2.45, 2.75) is 24.6 Å². The molecule has 22 heavy (non-hydrogen) atoms. The zero-order valence-corrected chi connectivity index (χ0v) is 14.4. The first-order valence-corrected chi connectivity index (χ1v) is 9.10. The number of para-hydroxylation sites is 1. The summed E-state index contributed by atoms with van der Waals surface area (Å²) in [5, 5.41) is 12.2. The molecule has 118 valence electrons. The van der Waals surface area contributed by atoms with Crippen LogP contribution in [0.4, 0.5) is 10.8 Å². The summed E-state index contributed by atoms with van der Waals surface area (Å²) in [5.41, 5.74) is 0.929. The summed E-state index contributed by atoms with van der Waals surface area (Å²) in [6.07, 6.45) is 1.04. The molecule has 5 nitrogen and oxygen atoms in total. The highest BCUT2D eigenvalue weighted by Crippen LogP contribution is 2.26. The molecule has 0 saturated heterocycles. The highest BCUT2D eigenvalue weighted by atomic mass is 32.2. The highest BCUT2D eigenvalue weighted by molar-refractivity contribution is 8.01. The van der Waals surface area contributed by atoms with Gasteiger partial charge in [0.15, 0.2) is 4.34 Å². The van der Waals surface area contributed by atoms with Gasteiger partial charge in [0.1, 0.15) is 0 Å². The molecule has 0 radical (unpaired) electrons. The third kappa shape index (κ3) is 4.71. The van der Waals surface area contributed by atoms with E-state index in [2.05, 4.69) is 22.4 Å². The van der Waals surface area contributed by atoms with E-state index in [1.54, 1.807) is 4.90 Å². The number of nitrogens with one attached hydrogen (secondary N) is 1. The molecule has 0 saturated carbocycles. The monoisotopic (exact) mass is 336 g/mol. The lowest BCUT2D eigenvalue weighted by Crippen LogP contribution is -2.32. The number of hydrogen-bond donors (Lipinski definition) is 1. The number of rotatable bonds is 8. The Kier molecular flexibility index (Phi) is 6.67. The predicted octanol–water partition coefficient (Wildman–Crippen LogP) is 3.51. The second-order valence-electron chi connectivity index (χ2n) is 4.56. The minimum absolute atomic E-state index is 0.0805. The van der Waals surface area contributed by atoms with Gasteiger partial charge in [0.05, 0.1) is 5.75 Å². The van der Waals surface area contributed by atoms with Gasteiger partial charge in [-0.15, -0.1) is 10.2 Å². The average Bonchev–Trinajstić information content (AvgIpc) is 3.00. The van der Waals surface area contributed by atoms with Gasteiger partial charge < -0.3 is 10.2 Å². The minimum atomic E-state index is 0.0805. The van der Waals surface area contributed by atoms with E-state index >= 15 is 0 Å². The molecular formula is C15H20N4OS2. The Hall–Kier alpha value is -1.60. The summed E-state index contributed by atoms with van der Waals surface area (Å²) < 4.78 is 0.816. The Morgan fingerprint density at radius 1 is 1.27 bits per heavy atom. The van der Waals surface area contributed by atoms with E-state index in [1.165, 1.54) is 23.1 Å². The van der Waals surface area contributed by atoms with E-state index in [4.69, 9.17) is 0 Å². The molecule has 1 aromatic heterocycles. The number of hydrogen-bond acceptors (Lipinski definition) is 6. The van der Waals surface area contributed by atoms with Crippen LogP contribution in [0.25, 0.3) is 0 Å². The molecule has 0 spiro atoms. The molecule has 0 aliphatic carbocycles.